The Kier molecular flexibility index (Phi) is 3.31. The molecule has 0 bridgehead atoms. The molecule has 0 saturated carbocycles. The Morgan fingerprint density at radius 3 is 2.79 bits per heavy atom. The second kappa shape index (κ2) is 4.96. The first kappa shape index (κ1) is 12.7. The van der Waals surface area contributed by atoms with Gasteiger partial charge in [0.25, 0.3) is 0 Å². The molecule has 19 heavy (non-hydrogen) atoms. The third kappa shape index (κ3) is 2.39. The van der Waals surface area contributed by atoms with E-state index in [1.807, 2.05) is 23.4 Å². The van der Waals surface area contributed by atoms with Crippen LogP contribution in [0.4, 0.5) is 0 Å². The van der Waals surface area contributed by atoms with E-state index in [0.717, 1.165) is 41.4 Å². The summed E-state index contributed by atoms with van der Waals surface area (Å²) >= 11 is 3.51. The molecule has 0 aliphatic carbocycles. The fourth-order valence-corrected chi connectivity index (χ4v) is 3.10. The lowest BCUT2D eigenvalue weighted by Crippen LogP contribution is -2.37. The van der Waals surface area contributed by atoms with E-state index in [1.54, 1.807) is 6.92 Å². The van der Waals surface area contributed by atoms with Crippen LogP contribution in [0, 0.1) is 0 Å². The highest BCUT2D eigenvalue weighted by Crippen LogP contribution is 2.28. The number of likely N-dealkylation sites (tertiary alicyclic amines) is 1. The summed E-state index contributed by atoms with van der Waals surface area (Å²) in [6.45, 7) is 3.32. The van der Waals surface area contributed by atoms with Crippen LogP contribution < -0.4 is 0 Å². The molecule has 2 heterocycles. The van der Waals surface area contributed by atoms with Crippen LogP contribution in [0.2, 0.25) is 0 Å². The monoisotopic (exact) mass is 321 g/mol. The number of halogens is 1. The van der Waals surface area contributed by atoms with Crippen molar-refractivity contribution in [2.75, 3.05) is 13.1 Å². The van der Waals surface area contributed by atoms with E-state index in [2.05, 4.69) is 31.5 Å². The van der Waals surface area contributed by atoms with Crippen LogP contribution >= 0.6 is 15.9 Å². The van der Waals surface area contributed by atoms with E-state index in [1.165, 1.54) is 0 Å². The van der Waals surface area contributed by atoms with Crippen molar-refractivity contribution in [3.63, 3.8) is 0 Å². The van der Waals surface area contributed by atoms with Gasteiger partial charge in [-0.3, -0.25) is 4.79 Å². The molecule has 1 fully saturated rings. The number of piperidine rings is 1. The van der Waals surface area contributed by atoms with Gasteiger partial charge in [-0.05, 0) is 31.0 Å². The van der Waals surface area contributed by atoms with Gasteiger partial charge >= 0.3 is 0 Å². The van der Waals surface area contributed by atoms with Crippen molar-refractivity contribution in [1.82, 2.24) is 14.5 Å². The molecule has 0 spiro atoms. The minimum absolute atomic E-state index is 0.177. The smallest absolute Gasteiger partial charge is 0.219 e. The van der Waals surface area contributed by atoms with Crippen LogP contribution in [-0.2, 0) is 4.79 Å². The number of rotatable bonds is 1. The number of fused-ring (bicyclic) bond motifs is 1. The van der Waals surface area contributed by atoms with E-state index < -0.39 is 0 Å². The number of carbonyl (C=O) groups excluding carboxylic acids is 1. The van der Waals surface area contributed by atoms with Crippen LogP contribution in [0.15, 0.2) is 29.0 Å². The second-order valence-electron chi connectivity index (χ2n) is 5.02. The minimum atomic E-state index is 0.177. The standard InChI is InChI=1S/C14H16BrN3O/c1-10(19)17-6-4-12(5-7-17)18-9-16-13-3-2-11(15)8-14(13)18/h2-3,8-9,12H,4-7H2,1H3. The molecule has 1 amide bonds. The fourth-order valence-electron chi connectivity index (χ4n) is 2.75. The lowest BCUT2D eigenvalue weighted by atomic mass is 10.0. The largest absolute Gasteiger partial charge is 0.343 e. The number of aromatic nitrogens is 2. The predicted octanol–water partition coefficient (Wildman–Crippen LogP) is 2.98. The predicted molar refractivity (Wildman–Crippen MR) is 78.0 cm³/mol. The Labute approximate surface area is 120 Å². The van der Waals surface area contributed by atoms with E-state index >= 15 is 0 Å². The maximum Gasteiger partial charge on any atom is 0.219 e. The van der Waals surface area contributed by atoms with Crippen LogP contribution in [0.3, 0.4) is 0 Å². The second-order valence-corrected chi connectivity index (χ2v) is 5.94. The summed E-state index contributed by atoms with van der Waals surface area (Å²) in [5, 5.41) is 0. The number of nitrogens with zero attached hydrogens (tertiary/aromatic N) is 3. The van der Waals surface area contributed by atoms with Gasteiger partial charge in [0.2, 0.25) is 5.91 Å². The molecular weight excluding hydrogens is 306 g/mol. The Balaban J connectivity index is 1.85. The van der Waals surface area contributed by atoms with Crippen molar-refractivity contribution < 1.29 is 4.79 Å². The molecule has 1 aliphatic heterocycles. The SMILES string of the molecule is CC(=O)N1CCC(n2cnc3ccc(Br)cc32)CC1. The number of benzene rings is 1. The molecule has 1 aromatic carbocycles. The highest BCUT2D eigenvalue weighted by molar-refractivity contribution is 9.10. The van der Waals surface area contributed by atoms with Crippen molar-refractivity contribution in [3.8, 4) is 0 Å². The summed E-state index contributed by atoms with van der Waals surface area (Å²) in [7, 11) is 0. The average molecular weight is 322 g/mol. The first-order valence-corrected chi connectivity index (χ1v) is 7.32. The first-order valence-electron chi connectivity index (χ1n) is 6.53. The third-order valence-corrected chi connectivity index (χ3v) is 4.33. The van der Waals surface area contributed by atoms with Crippen LogP contribution in [0.25, 0.3) is 11.0 Å². The molecule has 1 aliphatic rings. The van der Waals surface area contributed by atoms with E-state index in [4.69, 9.17) is 0 Å². The van der Waals surface area contributed by atoms with Crippen LogP contribution in [-0.4, -0.2) is 33.4 Å². The third-order valence-electron chi connectivity index (χ3n) is 3.84. The molecule has 1 aromatic heterocycles. The Hall–Kier alpha value is -1.36. The van der Waals surface area contributed by atoms with Gasteiger partial charge in [-0.1, -0.05) is 15.9 Å². The van der Waals surface area contributed by atoms with Crippen molar-refractivity contribution in [1.29, 1.82) is 0 Å². The molecule has 0 unspecified atom stereocenters. The van der Waals surface area contributed by atoms with Crippen molar-refractivity contribution in [2.24, 2.45) is 0 Å². The Morgan fingerprint density at radius 1 is 1.37 bits per heavy atom. The maximum atomic E-state index is 11.3. The number of imidazole rings is 1. The normalized spacial score (nSPS) is 17.1. The molecule has 0 N–H and O–H groups in total. The zero-order chi connectivity index (χ0) is 13.4. The lowest BCUT2D eigenvalue weighted by Gasteiger charge is -2.32. The zero-order valence-electron chi connectivity index (χ0n) is 10.8. The van der Waals surface area contributed by atoms with Gasteiger partial charge in [0, 0.05) is 30.5 Å². The molecule has 0 atom stereocenters. The molecule has 5 heteroatoms. The number of hydrogen-bond acceptors (Lipinski definition) is 2. The Bertz CT molecular complexity index is 614. The zero-order valence-corrected chi connectivity index (χ0v) is 12.4. The molecule has 2 aromatic rings. The van der Waals surface area contributed by atoms with Gasteiger partial charge in [-0.15, -0.1) is 0 Å². The summed E-state index contributed by atoms with van der Waals surface area (Å²) < 4.78 is 3.32. The van der Waals surface area contributed by atoms with Gasteiger partial charge < -0.3 is 9.47 Å². The van der Waals surface area contributed by atoms with E-state index in [-0.39, 0.29) is 5.91 Å². The summed E-state index contributed by atoms with van der Waals surface area (Å²) in [6.07, 6.45) is 3.92. The van der Waals surface area contributed by atoms with Crippen molar-refractivity contribution >= 4 is 32.9 Å². The summed E-state index contributed by atoms with van der Waals surface area (Å²) in [5.41, 5.74) is 2.19. The molecule has 100 valence electrons. The van der Waals surface area contributed by atoms with E-state index in [9.17, 15) is 4.79 Å². The van der Waals surface area contributed by atoms with Gasteiger partial charge in [-0.2, -0.15) is 0 Å². The van der Waals surface area contributed by atoms with Crippen LogP contribution in [0.5, 0.6) is 0 Å². The Morgan fingerprint density at radius 2 is 2.11 bits per heavy atom. The maximum absolute atomic E-state index is 11.3. The summed E-state index contributed by atoms with van der Waals surface area (Å²) in [6, 6.07) is 6.59. The molecule has 0 radical (unpaired) electrons. The highest BCUT2D eigenvalue weighted by Gasteiger charge is 2.22. The summed E-state index contributed by atoms with van der Waals surface area (Å²) in [4.78, 5) is 17.7. The van der Waals surface area contributed by atoms with E-state index in [0.29, 0.717) is 6.04 Å². The number of hydrogen-bond donors (Lipinski definition) is 0. The molecule has 4 nitrogen and oxygen atoms in total. The quantitative estimate of drug-likeness (QED) is 0.809. The van der Waals surface area contributed by atoms with Gasteiger partial charge in [0.15, 0.2) is 0 Å². The van der Waals surface area contributed by atoms with Crippen LogP contribution in [0.1, 0.15) is 25.8 Å². The molecule has 1 saturated heterocycles. The van der Waals surface area contributed by atoms with Crippen molar-refractivity contribution in [3.05, 3.63) is 29.0 Å². The fraction of sp³-hybridized carbons (Fsp3) is 0.429. The number of amides is 1. The topological polar surface area (TPSA) is 38.1 Å². The molecule has 3 rings (SSSR count). The molecular formula is C14H16BrN3O. The minimum Gasteiger partial charge on any atom is -0.343 e. The van der Waals surface area contributed by atoms with Gasteiger partial charge in [0.1, 0.15) is 0 Å². The number of carbonyl (C=O) groups is 1. The first-order chi connectivity index (χ1) is 9.15. The average Bonchev–Trinajstić information content (AvgIpc) is 2.81. The van der Waals surface area contributed by atoms with Gasteiger partial charge in [-0.25, -0.2) is 4.98 Å². The summed E-state index contributed by atoms with van der Waals surface area (Å²) in [5.74, 6) is 0.177. The highest BCUT2D eigenvalue weighted by atomic mass is 79.9. The van der Waals surface area contributed by atoms with Gasteiger partial charge in [0.05, 0.1) is 17.4 Å². The lowest BCUT2D eigenvalue weighted by molar-refractivity contribution is -0.130. The van der Waals surface area contributed by atoms with Crippen molar-refractivity contribution in [2.45, 2.75) is 25.8 Å².